The molecule has 1 atom stereocenters. The lowest BCUT2D eigenvalue weighted by Gasteiger charge is -2.18. The Bertz CT molecular complexity index is 390. The number of esters is 1. The quantitative estimate of drug-likeness (QED) is 0.443. The topological polar surface area (TPSA) is 69.4 Å². The highest BCUT2D eigenvalue weighted by Crippen LogP contribution is 2.25. The van der Waals surface area contributed by atoms with Gasteiger partial charge in [-0.15, -0.1) is 0 Å². The fourth-order valence-corrected chi connectivity index (χ4v) is 1.33. The maximum Gasteiger partial charge on any atom is 0.389 e. The molecule has 0 aromatic heterocycles. The molecule has 0 aliphatic carbocycles. The van der Waals surface area contributed by atoms with Crippen molar-refractivity contribution < 1.29 is 14.5 Å². The van der Waals surface area contributed by atoms with Gasteiger partial charge in [0.05, 0.1) is 6.61 Å². The third-order valence-electron chi connectivity index (χ3n) is 2.37. The van der Waals surface area contributed by atoms with Crippen molar-refractivity contribution in [2.75, 3.05) is 6.61 Å². The number of nitro groups is 1. The second kappa shape index (κ2) is 4.74. The highest BCUT2D eigenvalue weighted by Gasteiger charge is 2.49. The van der Waals surface area contributed by atoms with E-state index in [9.17, 15) is 14.9 Å². The highest BCUT2D eigenvalue weighted by molar-refractivity contribution is 5.80. The average molecular weight is 223 g/mol. The standard InChI is InChI=1S/C11H13NO4/c1-3-16-10(13)11(2,12(14)15)9-7-5-4-6-8-9/h4-8H,3H2,1-2H3/t11-/m0/s1. The molecule has 0 bridgehead atoms. The van der Waals surface area contributed by atoms with Crippen LogP contribution in [0.4, 0.5) is 0 Å². The van der Waals surface area contributed by atoms with Crippen molar-refractivity contribution in [2.45, 2.75) is 19.4 Å². The lowest BCUT2D eigenvalue weighted by molar-refractivity contribution is -0.559. The van der Waals surface area contributed by atoms with Crippen molar-refractivity contribution in [3.8, 4) is 0 Å². The second-order valence-electron chi connectivity index (χ2n) is 3.42. The third kappa shape index (κ3) is 2.03. The molecular formula is C11H13NO4. The molecule has 0 saturated heterocycles. The van der Waals surface area contributed by atoms with Gasteiger partial charge in [0.1, 0.15) is 0 Å². The van der Waals surface area contributed by atoms with Crippen molar-refractivity contribution in [3.63, 3.8) is 0 Å². The molecule has 0 radical (unpaired) electrons. The third-order valence-corrected chi connectivity index (χ3v) is 2.37. The van der Waals surface area contributed by atoms with Crippen LogP contribution < -0.4 is 0 Å². The zero-order chi connectivity index (χ0) is 12.2. The van der Waals surface area contributed by atoms with Gasteiger partial charge in [0.2, 0.25) is 0 Å². The number of benzene rings is 1. The molecule has 5 heteroatoms. The fourth-order valence-electron chi connectivity index (χ4n) is 1.33. The normalized spacial score (nSPS) is 13.9. The number of hydrogen-bond acceptors (Lipinski definition) is 4. The van der Waals surface area contributed by atoms with Gasteiger partial charge < -0.3 is 4.74 Å². The average Bonchev–Trinajstić information content (AvgIpc) is 2.29. The fraction of sp³-hybridized carbons (Fsp3) is 0.364. The van der Waals surface area contributed by atoms with Gasteiger partial charge >= 0.3 is 11.5 Å². The summed E-state index contributed by atoms with van der Waals surface area (Å²) in [5.41, 5.74) is -1.52. The Morgan fingerprint density at radius 3 is 2.44 bits per heavy atom. The molecule has 0 heterocycles. The minimum atomic E-state index is -1.84. The maximum absolute atomic E-state index is 11.6. The summed E-state index contributed by atoms with van der Waals surface area (Å²) in [5.74, 6) is -0.841. The number of nitrogens with zero attached hydrogens (tertiary/aromatic N) is 1. The summed E-state index contributed by atoms with van der Waals surface area (Å²) in [6.45, 7) is 2.98. The molecule has 1 rings (SSSR count). The van der Waals surface area contributed by atoms with Crippen LogP contribution in [0, 0.1) is 10.1 Å². The number of rotatable bonds is 4. The Morgan fingerprint density at radius 1 is 1.44 bits per heavy atom. The van der Waals surface area contributed by atoms with E-state index in [1.807, 2.05) is 0 Å². The molecule has 0 spiro atoms. The lowest BCUT2D eigenvalue weighted by atomic mass is 9.93. The van der Waals surface area contributed by atoms with Gasteiger partial charge in [-0.2, -0.15) is 0 Å². The zero-order valence-electron chi connectivity index (χ0n) is 9.17. The second-order valence-corrected chi connectivity index (χ2v) is 3.42. The van der Waals surface area contributed by atoms with E-state index in [0.29, 0.717) is 5.56 Å². The largest absolute Gasteiger partial charge is 0.460 e. The maximum atomic E-state index is 11.6. The Labute approximate surface area is 93.2 Å². The summed E-state index contributed by atoms with van der Waals surface area (Å²) in [6, 6.07) is 8.11. The predicted molar refractivity (Wildman–Crippen MR) is 57.4 cm³/mol. The predicted octanol–water partition coefficient (Wildman–Crippen LogP) is 1.74. The number of carbonyl (C=O) groups excluding carboxylic acids is 1. The van der Waals surface area contributed by atoms with Crippen molar-refractivity contribution in [2.24, 2.45) is 0 Å². The van der Waals surface area contributed by atoms with Crippen molar-refractivity contribution in [3.05, 3.63) is 46.0 Å². The number of hydrogen-bond donors (Lipinski definition) is 0. The van der Waals surface area contributed by atoms with Gasteiger partial charge in [-0.25, -0.2) is 4.79 Å². The molecule has 0 fully saturated rings. The Morgan fingerprint density at radius 2 is 2.00 bits per heavy atom. The summed E-state index contributed by atoms with van der Waals surface area (Å²) < 4.78 is 4.74. The van der Waals surface area contributed by atoms with Crippen LogP contribution in [0.25, 0.3) is 0 Å². The molecule has 5 nitrogen and oxygen atoms in total. The highest BCUT2D eigenvalue weighted by atomic mass is 16.6. The molecule has 0 aliphatic rings. The lowest BCUT2D eigenvalue weighted by Crippen LogP contribution is -2.41. The van der Waals surface area contributed by atoms with E-state index < -0.39 is 16.4 Å². The molecular weight excluding hydrogens is 210 g/mol. The van der Waals surface area contributed by atoms with Crippen LogP contribution >= 0.6 is 0 Å². The first-order valence-electron chi connectivity index (χ1n) is 4.90. The van der Waals surface area contributed by atoms with E-state index in [4.69, 9.17) is 4.74 Å². The van der Waals surface area contributed by atoms with Crippen LogP contribution in [0.15, 0.2) is 30.3 Å². The van der Waals surface area contributed by atoms with Crippen LogP contribution in [0.5, 0.6) is 0 Å². The van der Waals surface area contributed by atoms with E-state index in [1.54, 1.807) is 37.3 Å². The summed E-state index contributed by atoms with van der Waals surface area (Å²) >= 11 is 0. The Balaban J connectivity index is 3.17. The minimum Gasteiger partial charge on any atom is -0.460 e. The van der Waals surface area contributed by atoms with E-state index >= 15 is 0 Å². The van der Waals surface area contributed by atoms with E-state index in [0.717, 1.165) is 0 Å². The van der Waals surface area contributed by atoms with Gasteiger partial charge in [0, 0.05) is 17.4 Å². The van der Waals surface area contributed by atoms with Gasteiger partial charge in [0.25, 0.3) is 0 Å². The molecule has 86 valence electrons. The molecule has 0 saturated carbocycles. The van der Waals surface area contributed by atoms with Crippen molar-refractivity contribution >= 4 is 5.97 Å². The molecule has 0 aliphatic heterocycles. The first-order chi connectivity index (χ1) is 7.53. The first-order valence-corrected chi connectivity index (χ1v) is 4.90. The van der Waals surface area contributed by atoms with Gasteiger partial charge in [-0.05, 0) is 6.92 Å². The summed E-state index contributed by atoms with van der Waals surface area (Å²) in [6.07, 6.45) is 0. The van der Waals surface area contributed by atoms with E-state index in [1.165, 1.54) is 6.92 Å². The van der Waals surface area contributed by atoms with E-state index in [2.05, 4.69) is 0 Å². The minimum absolute atomic E-state index is 0.120. The number of ether oxygens (including phenoxy) is 1. The van der Waals surface area contributed by atoms with Crippen LogP contribution in [0.1, 0.15) is 19.4 Å². The van der Waals surface area contributed by atoms with Crippen LogP contribution in [-0.2, 0) is 15.1 Å². The number of carbonyl (C=O) groups is 1. The summed E-state index contributed by atoms with van der Waals surface area (Å²) in [5, 5.41) is 11.0. The van der Waals surface area contributed by atoms with Gasteiger partial charge in [0.15, 0.2) is 0 Å². The Kier molecular flexibility index (Phi) is 3.60. The van der Waals surface area contributed by atoms with Crippen LogP contribution in [0.2, 0.25) is 0 Å². The Hall–Kier alpha value is -1.91. The molecule has 1 aromatic carbocycles. The SMILES string of the molecule is CCOC(=O)[C@](C)(c1ccccc1)[N+](=O)[O-]. The van der Waals surface area contributed by atoms with Gasteiger partial charge in [-0.1, -0.05) is 30.3 Å². The summed E-state index contributed by atoms with van der Waals surface area (Å²) in [7, 11) is 0. The molecule has 0 unspecified atom stereocenters. The molecule has 0 N–H and O–H groups in total. The van der Waals surface area contributed by atoms with Crippen molar-refractivity contribution in [1.82, 2.24) is 0 Å². The van der Waals surface area contributed by atoms with Gasteiger partial charge in [-0.3, -0.25) is 10.1 Å². The van der Waals surface area contributed by atoms with Crippen LogP contribution in [0.3, 0.4) is 0 Å². The van der Waals surface area contributed by atoms with Crippen molar-refractivity contribution in [1.29, 1.82) is 0 Å². The monoisotopic (exact) mass is 223 g/mol. The molecule has 16 heavy (non-hydrogen) atoms. The van der Waals surface area contributed by atoms with E-state index in [-0.39, 0.29) is 6.61 Å². The summed E-state index contributed by atoms with van der Waals surface area (Å²) in [4.78, 5) is 22.1. The first kappa shape index (κ1) is 12.2. The molecule has 1 aromatic rings. The zero-order valence-corrected chi connectivity index (χ0v) is 9.17. The van der Waals surface area contributed by atoms with Crippen LogP contribution in [-0.4, -0.2) is 17.5 Å². The smallest absolute Gasteiger partial charge is 0.389 e. The molecule has 0 amide bonds.